The van der Waals surface area contributed by atoms with E-state index >= 15 is 0 Å². The highest BCUT2D eigenvalue weighted by Gasteiger charge is 2.19. The van der Waals surface area contributed by atoms with E-state index in [4.69, 9.17) is 19.4 Å². The fourth-order valence-corrected chi connectivity index (χ4v) is 8.02. The Balaban J connectivity index is 1.07. The van der Waals surface area contributed by atoms with E-state index in [1.54, 1.807) is 0 Å². The number of aromatic nitrogens is 3. The zero-order valence-corrected chi connectivity index (χ0v) is 29.6. The van der Waals surface area contributed by atoms with Crippen LogP contribution < -0.4 is 0 Å². The van der Waals surface area contributed by atoms with E-state index in [0.29, 0.717) is 17.5 Å². The highest BCUT2D eigenvalue weighted by atomic mass is 16.3. The van der Waals surface area contributed by atoms with Crippen molar-refractivity contribution < 1.29 is 4.42 Å². The van der Waals surface area contributed by atoms with Gasteiger partial charge in [0.15, 0.2) is 17.5 Å². The maximum absolute atomic E-state index is 6.55. The molecule has 2 heterocycles. The van der Waals surface area contributed by atoms with Crippen molar-refractivity contribution in [1.82, 2.24) is 15.0 Å². The third-order valence-electron chi connectivity index (χ3n) is 10.7. The van der Waals surface area contributed by atoms with Crippen LogP contribution in [0.25, 0.3) is 111 Å². The van der Waals surface area contributed by atoms with Crippen molar-refractivity contribution >= 4 is 54.3 Å². The number of hydrogen-bond acceptors (Lipinski definition) is 4. The minimum Gasteiger partial charge on any atom is -0.456 e. The Morgan fingerprint density at radius 3 is 1.73 bits per heavy atom. The van der Waals surface area contributed by atoms with Crippen LogP contribution in [0.5, 0.6) is 0 Å². The number of hydrogen-bond donors (Lipinski definition) is 0. The fourth-order valence-electron chi connectivity index (χ4n) is 8.02. The first-order valence-corrected chi connectivity index (χ1v) is 18.5. The average molecular weight is 702 g/mol. The second-order valence-electron chi connectivity index (χ2n) is 14.0. The maximum atomic E-state index is 6.55. The van der Waals surface area contributed by atoms with Gasteiger partial charge in [0.25, 0.3) is 0 Å². The van der Waals surface area contributed by atoms with E-state index in [0.717, 1.165) is 55.1 Å². The first-order valence-electron chi connectivity index (χ1n) is 18.5. The largest absolute Gasteiger partial charge is 0.456 e. The van der Waals surface area contributed by atoms with Crippen molar-refractivity contribution in [1.29, 1.82) is 0 Å². The Labute approximate surface area is 317 Å². The predicted octanol–water partition coefficient (Wildman–Crippen LogP) is 13.6. The summed E-state index contributed by atoms with van der Waals surface area (Å²) in [6, 6.07) is 65.8. The van der Waals surface area contributed by atoms with Crippen LogP contribution >= 0.6 is 0 Å². The predicted molar refractivity (Wildman–Crippen MR) is 227 cm³/mol. The summed E-state index contributed by atoms with van der Waals surface area (Å²) in [5.74, 6) is 1.83. The zero-order valence-electron chi connectivity index (χ0n) is 29.6. The van der Waals surface area contributed by atoms with Gasteiger partial charge in [-0.15, -0.1) is 0 Å². The molecule has 0 saturated heterocycles. The zero-order chi connectivity index (χ0) is 36.3. The van der Waals surface area contributed by atoms with Crippen LogP contribution in [0.1, 0.15) is 0 Å². The summed E-state index contributed by atoms with van der Waals surface area (Å²) < 4.78 is 6.55. The number of nitrogens with zero attached hydrogens (tertiary/aromatic N) is 3. The molecule has 4 nitrogen and oxygen atoms in total. The van der Waals surface area contributed by atoms with Gasteiger partial charge in [-0.25, -0.2) is 15.0 Å². The van der Waals surface area contributed by atoms with Crippen molar-refractivity contribution in [2.24, 2.45) is 0 Å². The molecule has 9 aromatic carbocycles. The normalized spacial score (nSPS) is 11.6. The Bertz CT molecular complexity index is 3260. The molecule has 4 heteroatoms. The molecule has 0 saturated carbocycles. The lowest BCUT2D eigenvalue weighted by atomic mass is 9.93. The minimum atomic E-state index is 0.598. The van der Waals surface area contributed by atoms with Gasteiger partial charge >= 0.3 is 0 Å². The third-order valence-corrected chi connectivity index (χ3v) is 10.7. The molecule has 0 bridgehead atoms. The molecule has 11 aromatic rings. The van der Waals surface area contributed by atoms with E-state index in [1.807, 2.05) is 42.5 Å². The molecule has 0 N–H and O–H groups in total. The van der Waals surface area contributed by atoms with Crippen molar-refractivity contribution in [3.05, 3.63) is 188 Å². The SMILES string of the molecule is c1ccc(-c2nc(-c3ccc4c(ccc5cccc(-c6ccccc6)c54)c3)nc(-c3cccc4oc5cc(-c6ccc7ccccc7c6)ccc5c34)n2)cc1. The van der Waals surface area contributed by atoms with Crippen LogP contribution in [0.4, 0.5) is 0 Å². The number of fused-ring (bicyclic) bond motifs is 7. The second kappa shape index (κ2) is 12.6. The van der Waals surface area contributed by atoms with Crippen LogP contribution in [0.15, 0.2) is 192 Å². The maximum Gasteiger partial charge on any atom is 0.164 e. The number of benzene rings is 9. The third kappa shape index (κ3) is 5.34. The molecule has 256 valence electrons. The highest BCUT2D eigenvalue weighted by molar-refractivity contribution is 6.15. The summed E-state index contributed by atoms with van der Waals surface area (Å²) in [6.07, 6.45) is 0. The van der Waals surface area contributed by atoms with Crippen molar-refractivity contribution in [3.8, 4) is 56.4 Å². The monoisotopic (exact) mass is 701 g/mol. The van der Waals surface area contributed by atoms with E-state index in [-0.39, 0.29) is 0 Å². The van der Waals surface area contributed by atoms with Gasteiger partial charge < -0.3 is 4.42 Å². The molecule has 55 heavy (non-hydrogen) atoms. The van der Waals surface area contributed by atoms with Crippen molar-refractivity contribution in [2.75, 3.05) is 0 Å². The van der Waals surface area contributed by atoms with Crippen molar-refractivity contribution in [2.45, 2.75) is 0 Å². The van der Waals surface area contributed by atoms with Gasteiger partial charge in [-0.2, -0.15) is 0 Å². The van der Waals surface area contributed by atoms with E-state index in [1.165, 1.54) is 38.1 Å². The summed E-state index contributed by atoms with van der Waals surface area (Å²) >= 11 is 0. The molecule has 0 fully saturated rings. The molecule has 0 amide bonds. The van der Waals surface area contributed by atoms with Crippen molar-refractivity contribution in [3.63, 3.8) is 0 Å². The smallest absolute Gasteiger partial charge is 0.164 e. The molecule has 0 atom stereocenters. The summed E-state index contributed by atoms with van der Waals surface area (Å²) in [7, 11) is 0. The lowest BCUT2D eigenvalue weighted by molar-refractivity contribution is 0.669. The van der Waals surface area contributed by atoms with Crippen LogP contribution in [-0.2, 0) is 0 Å². The molecule has 0 unspecified atom stereocenters. The Hall–Kier alpha value is -7.43. The lowest BCUT2D eigenvalue weighted by Gasteiger charge is -2.12. The van der Waals surface area contributed by atoms with Gasteiger partial charge in [0, 0.05) is 27.5 Å². The fraction of sp³-hybridized carbons (Fsp3) is 0. The van der Waals surface area contributed by atoms with Gasteiger partial charge in [-0.3, -0.25) is 0 Å². The van der Waals surface area contributed by atoms with Crippen LogP contribution in [0.3, 0.4) is 0 Å². The van der Waals surface area contributed by atoms with Gasteiger partial charge in [0.05, 0.1) is 0 Å². The van der Waals surface area contributed by atoms with Gasteiger partial charge in [-0.05, 0) is 84.9 Å². The molecule has 0 aliphatic rings. The summed E-state index contributed by atoms with van der Waals surface area (Å²) in [5.41, 5.74) is 9.03. The molecular weight excluding hydrogens is 671 g/mol. The molecule has 0 aliphatic heterocycles. The second-order valence-corrected chi connectivity index (χ2v) is 14.0. The summed E-state index contributed by atoms with van der Waals surface area (Å²) in [6.45, 7) is 0. The number of rotatable bonds is 5. The highest BCUT2D eigenvalue weighted by Crippen LogP contribution is 2.40. The first-order chi connectivity index (χ1) is 27.2. The Kier molecular flexibility index (Phi) is 7.14. The lowest BCUT2D eigenvalue weighted by Crippen LogP contribution is -2.00. The molecule has 11 rings (SSSR count). The molecule has 0 aliphatic carbocycles. The average Bonchev–Trinajstić information content (AvgIpc) is 3.64. The quantitative estimate of drug-likeness (QED) is 0.168. The van der Waals surface area contributed by atoms with Crippen LogP contribution in [-0.4, -0.2) is 15.0 Å². The van der Waals surface area contributed by atoms with E-state index < -0.39 is 0 Å². The van der Waals surface area contributed by atoms with E-state index in [2.05, 4.69) is 146 Å². The molecular formula is C51H31N3O. The van der Waals surface area contributed by atoms with Gasteiger partial charge in [-0.1, -0.05) is 158 Å². The minimum absolute atomic E-state index is 0.598. The standard InChI is InChI=1S/C51H31N3O/c1-3-12-33(13-4-1)41-18-9-17-34-22-24-39-30-40(26-27-42(39)47(34)41)50-52-49(35-14-5-2-6-15-35)53-51(54-50)44-19-10-20-45-48(44)43-28-25-38(31-46(43)55-45)37-23-21-32-11-7-8-16-36(32)29-37/h1-31H. The first kappa shape index (κ1) is 31.1. The van der Waals surface area contributed by atoms with E-state index in [9.17, 15) is 0 Å². The Morgan fingerprint density at radius 2 is 0.873 bits per heavy atom. The van der Waals surface area contributed by atoms with Gasteiger partial charge in [0.1, 0.15) is 11.2 Å². The van der Waals surface area contributed by atoms with Crippen LogP contribution in [0.2, 0.25) is 0 Å². The molecule has 0 spiro atoms. The Morgan fingerprint density at radius 1 is 0.291 bits per heavy atom. The summed E-state index contributed by atoms with van der Waals surface area (Å²) in [5, 5.41) is 9.20. The summed E-state index contributed by atoms with van der Waals surface area (Å²) in [4.78, 5) is 15.4. The number of furan rings is 1. The molecule has 2 aromatic heterocycles. The molecule has 0 radical (unpaired) electrons. The van der Waals surface area contributed by atoms with Crippen LogP contribution in [0, 0.1) is 0 Å². The topological polar surface area (TPSA) is 51.8 Å². The van der Waals surface area contributed by atoms with Gasteiger partial charge in [0.2, 0.25) is 0 Å².